The fraction of sp³-hybridized carbons (Fsp3) is 0.552. The molecule has 0 radical (unpaired) electrons. The number of aromatic nitrogens is 1. The number of aryl methyl sites for hydroxylation is 2. The van der Waals surface area contributed by atoms with E-state index in [0.717, 1.165) is 48.7 Å². The summed E-state index contributed by atoms with van der Waals surface area (Å²) in [5, 5.41) is 3.55. The molecule has 4 heterocycles. The highest BCUT2D eigenvalue weighted by atomic mass is 19.4. The number of para-hydroxylation sites is 1. The van der Waals surface area contributed by atoms with Crippen molar-refractivity contribution in [2.24, 2.45) is 5.92 Å². The number of benzene rings is 1. The Kier molecular flexibility index (Phi) is 7.56. The van der Waals surface area contributed by atoms with Crippen molar-refractivity contribution in [1.82, 2.24) is 15.2 Å². The topological polar surface area (TPSA) is 72.0 Å². The van der Waals surface area contributed by atoms with E-state index in [0.29, 0.717) is 25.2 Å². The number of likely N-dealkylation sites (N-methyl/N-ethyl adjacent to an activating group) is 1. The third-order valence-electron chi connectivity index (χ3n) is 8.20. The number of carbonyl (C=O) groups excluding carboxylic acids is 2. The summed E-state index contributed by atoms with van der Waals surface area (Å²) in [5.41, 5.74) is 1.94. The molecule has 0 unspecified atom stereocenters. The summed E-state index contributed by atoms with van der Waals surface area (Å²) >= 11 is 0. The van der Waals surface area contributed by atoms with Crippen molar-refractivity contribution in [2.75, 3.05) is 54.5 Å². The first-order valence-electron chi connectivity index (χ1n) is 13.8. The van der Waals surface area contributed by atoms with Crippen molar-refractivity contribution in [3.63, 3.8) is 0 Å². The van der Waals surface area contributed by atoms with E-state index in [-0.39, 0.29) is 25.3 Å². The first-order chi connectivity index (χ1) is 18.8. The van der Waals surface area contributed by atoms with Gasteiger partial charge in [-0.3, -0.25) is 19.4 Å². The summed E-state index contributed by atoms with van der Waals surface area (Å²) in [6.45, 7) is 11.6. The summed E-state index contributed by atoms with van der Waals surface area (Å²) < 4.78 is 40.9. The Morgan fingerprint density at radius 2 is 1.75 bits per heavy atom. The number of hydrogen-bond acceptors (Lipinski definition) is 6. The monoisotopic (exact) mass is 560 g/mol. The number of alkyl halides is 3. The Balaban J connectivity index is 0.00000387. The van der Waals surface area contributed by atoms with Gasteiger partial charge in [-0.2, -0.15) is 13.2 Å². The minimum absolute atomic E-state index is 0. The quantitative estimate of drug-likeness (QED) is 0.613. The third-order valence-corrected chi connectivity index (χ3v) is 8.20. The van der Waals surface area contributed by atoms with Crippen molar-refractivity contribution >= 4 is 29.0 Å². The first kappa shape index (κ1) is 28.4. The summed E-state index contributed by atoms with van der Waals surface area (Å²) in [6, 6.07) is 7.42. The van der Waals surface area contributed by atoms with E-state index in [2.05, 4.69) is 33.9 Å². The summed E-state index contributed by atoms with van der Waals surface area (Å²) in [7, 11) is 1.67. The van der Waals surface area contributed by atoms with Crippen LogP contribution in [0.1, 0.15) is 38.5 Å². The molecule has 218 valence electrons. The normalized spacial score (nSPS) is 26.1. The van der Waals surface area contributed by atoms with Crippen LogP contribution in [0.3, 0.4) is 0 Å². The number of piperazine rings is 1. The van der Waals surface area contributed by atoms with E-state index >= 15 is 0 Å². The van der Waals surface area contributed by atoms with Crippen LogP contribution in [0.2, 0.25) is 0 Å². The number of pyridine rings is 1. The molecule has 2 aromatic rings. The van der Waals surface area contributed by atoms with E-state index in [1.165, 1.54) is 11.8 Å². The van der Waals surface area contributed by atoms with Crippen LogP contribution in [-0.2, 0) is 15.8 Å². The molecule has 3 aliphatic heterocycles. The molecular weight excluding hydrogens is 521 g/mol. The molecule has 0 aliphatic carbocycles. The average Bonchev–Trinajstić information content (AvgIpc) is 3.18. The maximum absolute atomic E-state index is 14.0. The predicted octanol–water partition coefficient (Wildman–Crippen LogP) is 3.85. The van der Waals surface area contributed by atoms with Crippen LogP contribution in [0.5, 0.6) is 0 Å². The molecule has 2 amide bonds. The summed E-state index contributed by atoms with van der Waals surface area (Å²) in [5.74, 6) is -1.26. The molecule has 1 aromatic carbocycles. The van der Waals surface area contributed by atoms with Crippen LogP contribution in [0.4, 0.5) is 30.4 Å². The molecule has 0 spiro atoms. The van der Waals surface area contributed by atoms with Gasteiger partial charge in [-0.1, -0.05) is 12.1 Å². The van der Waals surface area contributed by atoms with E-state index in [4.69, 9.17) is 0 Å². The Hall–Kier alpha value is -3.18. The van der Waals surface area contributed by atoms with Crippen molar-refractivity contribution in [2.45, 2.75) is 58.4 Å². The lowest BCUT2D eigenvalue weighted by atomic mass is 9.95. The van der Waals surface area contributed by atoms with Crippen LogP contribution in [-0.4, -0.2) is 79.6 Å². The van der Waals surface area contributed by atoms with Crippen molar-refractivity contribution in [3.05, 3.63) is 47.2 Å². The largest absolute Gasteiger partial charge is 0.416 e. The standard InChI is InChI=1S/C29H37F3N6O2.H2/c1-17-7-6-8-23-26(17)37(10-9-36-14-19(3)33-20(4)15-36)16-21-12-25(39)38(27(21)28(40)35(23)5)24-13-22(29(30,31)32)11-18(2)34-24;/h6-8,11,13,19-21,27,33H,9-10,12,14-16H2,1-5H3;1H/t19-,20+,21-,27+;/m1./s1. The molecule has 3 aliphatic rings. The van der Waals surface area contributed by atoms with E-state index in [9.17, 15) is 22.8 Å². The number of amides is 2. The lowest BCUT2D eigenvalue weighted by Crippen LogP contribution is -2.56. The van der Waals surface area contributed by atoms with Gasteiger partial charge in [0.2, 0.25) is 11.8 Å². The first-order valence-corrected chi connectivity index (χ1v) is 13.8. The molecule has 2 fully saturated rings. The van der Waals surface area contributed by atoms with Crippen LogP contribution in [0.25, 0.3) is 0 Å². The van der Waals surface area contributed by atoms with Crippen molar-refractivity contribution in [3.8, 4) is 0 Å². The second-order valence-electron chi connectivity index (χ2n) is 11.5. The van der Waals surface area contributed by atoms with Gasteiger partial charge in [-0.15, -0.1) is 0 Å². The Labute approximate surface area is 234 Å². The highest BCUT2D eigenvalue weighted by molar-refractivity contribution is 6.10. The lowest BCUT2D eigenvalue weighted by Gasteiger charge is -2.41. The van der Waals surface area contributed by atoms with E-state index in [1.807, 2.05) is 25.1 Å². The molecule has 11 heteroatoms. The number of hydrogen-bond donors (Lipinski definition) is 1. The second kappa shape index (κ2) is 10.7. The average molecular weight is 561 g/mol. The van der Waals surface area contributed by atoms with E-state index < -0.39 is 29.6 Å². The molecule has 4 atom stereocenters. The van der Waals surface area contributed by atoms with Gasteiger partial charge in [-0.25, -0.2) is 4.98 Å². The van der Waals surface area contributed by atoms with Gasteiger partial charge in [0.25, 0.3) is 0 Å². The number of carbonyl (C=O) groups is 2. The van der Waals surface area contributed by atoms with Gasteiger partial charge in [0.05, 0.1) is 16.9 Å². The number of halogens is 3. The highest BCUT2D eigenvalue weighted by Gasteiger charge is 2.49. The van der Waals surface area contributed by atoms with Gasteiger partial charge >= 0.3 is 6.18 Å². The number of nitrogens with one attached hydrogen (secondary N) is 1. The summed E-state index contributed by atoms with van der Waals surface area (Å²) in [6.07, 6.45) is -4.54. The van der Waals surface area contributed by atoms with Gasteiger partial charge in [0.1, 0.15) is 11.9 Å². The Bertz CT molecular complexity index is 1300. The molecule has 1 N–H and O–H groups in total. The number of anilines is 3. The maximum Gasteiger partial charge on any atom is 0.416 e. The molecule has 2 saturated heterocycles. The second-order valence-corrected chi connectivity index (χ2v) is 11.5. The molecule has 0 saturated carbocycles. The van der Waals surface area contributed by atoms with Crippen molar-refractivity contribution in [1.29, 1.82) is 0 Å². The minimum Gasteiger partial charge on any atom is -0.368 e. The zero-order valence-corrected chi connectivity index (χ0v) is 23.6. The smallest absolute Gasteiger partial charge is 0.368 e. The van der Waals surface area contributed by atoms with Gasteiger partial charge in [0, 0.05) is 71.3 Å². The van der Waals surface area contributed by atoms with E-state index in [1.54, 1.807) is 11.9 Å². The van der Waals surface area contributed by atoms with Crippen LogP contribution in [0.15, 0.2) is 30.3 Å². The van der Waals surface area contributed by atoms with Crippen LogP contribution >= 0.6 is 0 Å². The predicted molar refractivity (Wildman–Crippen MR) is 151 cm³/mol. The van der Waals surface area contributed by atoms with Gasteiger partial charge < -0.3 is 15.1 Å². The minimum atomic E-state index is -4.60. The van der Waals surface area contributed by atoms with Crippen molar-refractivity contribution < 1.29 is 24.2 Å². The molecule has 0 bridgehead atoms. The molecular formula is C29H39F3N6O2. The molecule has 8 nitrogen and oxygen atoms in total. The molecule has 1 aromatic heterocycles. The third kappa shape index (κ3) is 5.41. The highest BCUT2D eigenvalue weighted by Crippen LogP contribution is 2.41. The molecule has 40 heavy (non-hydrogen) atoms. The Morgan fingerprint density at radius 3 is 2.42 bits per heavy atom. The van der Waals surface area contributed by atoms with Gasteiger partial charge in [-0.05, 0) is 51.5 Å². The number of fused-ring (bicyclic) bond motifs is 2. The number of rotatable bonds is 4. The SMILES string of the molecule is Cc1cc(C(F)(F)F)cc(N2C(=O)C[C@@H]3CN(CCN4C[C@@H](C)N[C@@H](C)C4)c4c(C)cccc4N(C)C(=O)[C@H]32)n1.[HH]. The van der Waals surface area contributed by atoms with Crippen LogP contribution in [0, 0.1) is 19.8 Å². The lowest BCUT2D eigenvalue weighted by molar-refractivity contribution is -0.137. The fourth-order valence-corrected chi connectivity index (χ4v) is 6.59. The van der Waals surface area contributed by atoms with Crippen LogP contribution < -0.4 is 20.0 Å². The fourth-order valence-electron chi connectivity index (χ4n) is 6.59. The maximum atomic E-state index is 14.0. The zero-order valence-electron chi connectivity index (χ0n) is 23.6. The molecule has 5 rings (SSSR count). The number of nitrogens with zero attached hydrogens (tertiary/aromatic N) is 5. The summed E-state index contributed by atoms with van der Waals surface area (Å²) in [4.78, 5) is 39.1. The van der Waals surface area contributed by atoms with Gasteiger partial charge in [0.15, 0.2) is 0 Å². The Morgan fingerprint density at radius 1 is 1.05 bits per heavy atom. The zero-order chi connectivity index (χ0) is 28.9.